The summed E-state index contributed by atoms with van der Waals surface area (Å²) in [5.41, 5.74) is 0.717. The molecule has 2 nitrogen and oxygen atoms in total. The van der Waals surface area contributed by atoms with Crippen LogP contribution in [0.15, 0.2) is 46.9 Å². The lowest BCUT2D eigenvalue weighted by molar-refractivity contribution is -0.137. The van der Waals surface area contributed by atoms with Gasteiger partial charge in [0.2, 0.25) is 0 Å². The molecule has 112 valence electrons. The number of alkyl halides is 3. The lowest BCUT2D eigenvalue weighted by Gasteiger charge is -2.11. The molecule has 0 atom stereocenters. The Balaban J connectivity index is 2.08. The maximum Gasteiger partial charge on any atom is 0.416 e. The number of nitrogens with one attached hydrogen (secondary N) is 1. The minimum atomic E-state index is -4.32. The topological polar surface area (TPSA) is 21.3 Å². The van der Waals surface area contributed by atoms with Crippen molar-refractivity contribution < 1.29 is 17.9 Å². The largest absolute Gasteiger partial charge is 0.496 e. The standard InChI is InChI=1S/C15H13BrF3NO/c1-21-14-6-5-12(8-13(14)16)20-9-10-3-2-4-11(7-10)15(17,18)19/h2-8,20H,9H2,1H3. The highest BCUT2D eigenvalue weighted by Gasteiger charge is 2.30. The van der Waals surface area contributed by atoms with E-state index in [0.717, 1.165) is 22.3 Å². The molecule has 2 aromatic rings. The average molecular weight is 360 g/mol. The van der Waals surface area contributed by atoms with Crippen molar-refractivity contribution in [3.05, 3.63) is 58.1 Å². The monoisotopic (exact) mass is 359 g/mol. The van der Waals surface area contributed by atoms with E-state index in [9.17, 15) is 13.2 Å². The van der Waals surface area contributed by atoms with Crippen LogP contribution >= 0.6 is 15.9 Å². The zero-order valence-electron chi connectivity index (χ0n) is 11.2. The second-order valence-electron chi connectivity index (χ2n) is 4.40. The van der Waals surface area contributed by atoms with E-state index in [0.29, 0.717) is 17.9 Å². The lowest BCUT2D eigenvalue weighted by atomic mass is 10.1. The van der Waals surface area contributed by atoms with Gasteiger partial charge in [-0.05, 0) is 51.8 Å². The van der Waals surface area contributed by atoms with Gasteiger partial charge in [-0.1, -0.05) is 12.1 Å². The summed E-state index contributed by atoms with van der Waals surface area (Å²) in [5.74, 6) is 0.694. The summed E-state index contributed by atoms with van der Waals surface area (Å²) in [6, 6.07) is 10.7. The molecule has 0 saturated heterocycles. The Labute approximate surface area is 129 Å². The first-order chi connectivity index (χ1) is 9.90. The van der Waals surface area contributed by atoms with Crippen LogP contribution < -0.4 is 10.1 Å². The summed E-state index contributed by atoms with van der Waals surface area (Å²) < 4.78 is 43.8. The first-order valence-electron chi connectivity index (χ1n) is 6.13. The van der Waals surface area contributed by atoms with Crippen molar-refractivity contribution >= 4 is 21.6 Å². The zero-order chi connectivity index (χ0) is 15.5. The van der Waals surface area contributed by atoms with E-state index in [2.05, 4.69) is 21.2 Å². The molecule has 0 saturated carbocycles. The summed E-state index contributed by atoms with van der Waals surface area (Å²) in [7, 11) is 1.57. The summed E-state index contributed by atoms with van der Waals surface area (Å²) >= 11 is 3.36. The van der Waals surface area contributed by atoms with Gasteiger partial charge < -0.3 is 10.1 Å². The molecule has 6 heteroatoms. The van der Waals surface area contributed by atoms with Gasteiger partial charge in [-0.2, -0.15) is 13.2 Å². The third kappa shape index (κ3) is 4.14. The van der Waals surface area contributed by atoms with Gasteiger partial charge in [0.1, 0.15) is 5.75 Å². The van der Waals surface area contributed by atoms with E-state index < -0.39 is 11.7 Å². The van der Waals surface area contributed by atoms with E-state index in [4.69, 9.17) is 4.74 Å². The zero-order valence-corrected chi connectivity index (χ0v) is 12.8. The van der Waals surface area contributed by atoms with E-state index in [1.807, 2.05) is 6.07 Å². The Hall–Kier alpha value is -1.69. The predicted molar refractivity (Wildman–Crippen MR) is 79.5 cm³/mol. The van der Waals surface area contributed by atoms with Gasteiger partial charge in [0.05, 0.1) is 17.1 Å². The fourth-order valence-corrected chi connectivity index (χ4v) is 2.38. The number of halogens is 4. The van der Waals surface area contributed by atoms with Crippen LogP contribution in [0.2, 0.25) is 0 Å². The molecule has 21 heavy (non-hydrogen) atoms. The molecule has 0 aromatic heterocycles. The average Bonchev–Trinajstić information content (AvgIpc) is 2.45. The maximum atomic E-state index is 12.6. The third-order valence-electron chi connectivity index (χ3n) is 2.90. The second-order valence-corrected chi connectivity index (χ2v) is 5.26. The normalized spacial score (nSPS) is 11.3. The molecule has 2 rings (SSSR count). The number of methoxy groups -OCH3 is 1. The van der Waals surface area contributed by atoms with Crippen LogP contribution in [0.4, 0.5) is 18.9 Å². The molecule has 0 unspecified atom stereocenters. The van der Waals surface area contributed by atoms with Crippen molar-refractivity contribution in [3.8, 4) is 5.75 Å². The van der Waals surface area contributed by atoms with Crippen molar-refractivity contribution in [1.82, 2.24) is 0 Å². The minimum Gasteiger partial charge on any atom is -0.496 e. The van der Waals surface area contributed by atoms with Crippen LogP contribution in [-0.4, -0.2) is 7.11 Å². The highest BCUT2D eigenvalue weighted by Crippen LogP contribution is 2.30. The summed E-state index contributed by atoms with van der Waals surface area (Å²) in [5, 5.41) is 3.08. The molecule has 0 radical (unpaired) electrons. The summed E-state index contributed by atoms with van der Waals surface area (Å²) in [6.45, 7) is 0.308. The molecule has 2 aromatic carbocycles. The molecule has 0 aliphatic rings. The van der Waals surface area contributed by atoms with Crippen LogP contribution in [0.5, 0.6) is 5.75 Å². The van der Waals surface area contributed by atoms with Gasteiger partial charge in [0, 0.05) is 12.2 Å². The van der Waals surface area contributed by atoms with E-state index in [-0.39, 0.29) is 0 Å². The Kier molecular flexibility index (Phi) is 4.77. The molecular weight excluding hydrogens is 347 g/mol. The van der Waals surface area contributed by atoms with Crippen LogP contribution in [0, 0.1) is 0 Å². The fourth-order valence-electron chi connectivity index (χ4n) is 1.84. The SMILES string of the molecule is COc1ccc(NCc2cccc(C(F)(F)F)c2)cc1Br. The molecule has 1 N–H and O–H groups in total. The molecule has 0 fully saturated rings. The Morgan fingerprint density at radius 1 is 1.14 bits per heavy atom. The number of rotatable bonds is 4. The first kappa shape index (κ1) is 15.7. The summed E-state index contributed by atoms with van der Waals surface area (Å²) in [6.07, 6.45) is -4.32. The quantitative estimate of drug-likeness (QED) is 0.820. The van der Waals surface area contributed by atoms with Gasteiger partial charge in [0.15, 0.2) is 0 Å². The molecular formula is C15H13BrF3NO. The van der Waals surface area contributed by atoms with Gasteiger partial charge >= 0.3 is 6.18 Å². The van der Waals surface area contributed by atoms with Crippen LogP contribution in [0.25, 0.3) is 0 Å². The first-order valence-corrected chi connectivity index (χ1v) is 6.93. The molecule has 0 aliphatic carbocycles. The number of hydrogen-bond donors (Lipinski definition) is 1. The molecule has 0 aliphatic heterocycles. The Morgan fingerprint density at radius 2 is 1.90 bits per heavy atom. The van der Waals surface area contributed by atoms with Gasteiger partial charge in [-0.15, -0.1) is 0 Å². The number of ether oxygens (including phenoxy) is 1. The molecule has 0 heterocycles. The van der Waals surface area contributed by atoms with Crippen molar-refractivity contribution in [1.29, 1.82) is 0 Å². The highest BCUT2D eigenvalue weighted by atomic mass is 79.9. The summed E-state index contributed by atoms with van der Waals surface area (Å²) in [4.78, 5) is 0. The minimum absolute atomic E-state index is 0.308. The van der Waals surface area contributed by atoms with Gasteiger partial charge in [0.25, 0.3) is 0 Å². The fraction of sp³-hybridized carbons (Fsp3) is 0.200. The maximum absolute atomic E-state index is 12.6. The number of anilines is 1. The van der Waals surface area contributed by atoms with Gasteiger partial charge in [-0.3, -0.25) is 0 Å². The number of hydrogen-bond acceptors (Lipinski definition) is 2. The molecule has 0 bridgehead atoms. The van der Waals surface area contributed by atoms with Crippen LogP contribution in [-0.2, 0) is 12.7 Å². The molecule has 0 amide bonds. The van der Waals surface area contributed by atoms with E-state index >= 15 is 0 Å². The Bertz CT molecular complexity index is 629. The van der Waals surface area contributed by atoms with Crippen molar-refractivity contribution in [2.45, 2.75) is 12.7 Å². The Morgan fingerprint density at radius 3 is 2.52 bits per heavy atom. The third-order valence-corrected chi connectivity index (χ3v) is 3.52. The lowest BCUT2D eigenvalue weighted by Crippen LogP contribution is -2.06. The highest BCUT2D eigenvalue weighted by molar-refractivity contribution is 9.10. The van der Waals surface area contributed by atoms with Gasteiger partial charge in [-0.25, -0.2) is 0 Å². The molecule has 0 spiro atoms. The van der Waals surface area contributed by atoms with Crippen LogP contribution in [0.1, 0.15) is 11.1 Å². The van der Waals surface area contributed by atoms with Crippen molar-refractivity contribution in [2.24, 2.45) is 0 Å². The smallest absolute Gasteiger partial charge is 0.416 e. The predicted octanol–water partition coefficient (Wildman–Crippen LogP) is 5.09. The van der Waals surface area contributed by atoms with E-state index in [1.54, 1.807) is 25.3 Å². The van der Waals surface area contributed by atoms with Crippen LogP contribution in [0.3, 0.4) is 0 Å². The van der Waals surface area contributed by atoms with Crippen molar-refractivity contribution in [3.63, 3.8) is 0 Å². The van der Waals surface area contributed by atoms with E-state index in [1.165, 1.54) is 6.07 Å². The number of benzene rings is 2. The second kappa shape index (κ2) is 6.39. The van der Waals surface area contributed by atoms with Crippen molar-refractivity contribution in [2.75, 3.05) is 12.4 Å².